The van der Waals surface area contributed by atoms with Crippen LogP contribution in [0.3, 0.4) is 0 Å². The van der Waals surface area contributed by atoms with E-state index in [4.69, 9.17) is 11.6 Å². The van der Waals surface area contributed by atoms with Crippen LogP contribution in [0.1, 0.15) is 37.8 Å². The Morgan fingerprint density at radius 3 is 2.47 bits per heavy atom. The number of hydrogen-bond acceptors (Lipinski definition) is 1. The molecule has 1 aromatic rings. The molecule has 2 nitrogen and oxygen atoms in total. The van der Waals surface area contributed by atoms with Crippen LogP contribution >= 0.6 is 11.6 Å². The fourth-order valence-electron chi connectivity index (χ4n) is 2.25. The van der Waals surface area contributed by atoms with E-state index in [9.17, 15) is 14.3 Å². The molecular formula is C13H14ClFO2. The first kappa shape index (κ1) is 12.4. The first-order valence-corrected chi connectivity index (χ1v) is 5.88. The maximum Gasteiger partial charge on any atom is 0.314 e. The molecule has 0 saturated heterocycles. The van der Waals surface area contributed by atoms with E-state index in [1.165, 1.54) is 13.8 Å². The fraction of sp³-hybridized carbons (Fsp3) is 0.462. The lowest BCUT2D eigenvalue weighted by atomic mass is 9.85. The molecule has 0 radical (unpaired) electrons. The molecule has 1 saturated carbocycles. The SMILES string of the molecule is CC(C)(F)c1c(Cl)cccc1C1(C(=O)O)CC1. The number of rotatable bonds is 3. The lowest BCUT2D eigenvalue weighted by molar-refractivity contribution is -0.140. The molecule has 1 aliphatic rings. The van der Waals surface area contributed by atoms with Crippen molar-refractivity contribution in [1.29, 1.82) is 0 Å². The van der Waals surface area contributed by atoms with Crippen molar-refractivity contribution >= 4 is 17.6 Å². The Morgan fingerprint density at radius 2 is 2.06 bits per heavy atom. The third kappa shape index (κ3) is 1.93. The van der Waals surface area contributed by atoms with E-state index < -0.39 is 17.1 Å². The second-order valence-corrected chi connectivity index (χ2v) is 5.43. The number of benzene rings is 1. The summed E-state index contributed by atoms with van der Waals surface area (Å²) in [6, 6.07) is 4.94. The predicted octanol–water partition coefficient (Wildman–Crippen LogP) is 3.66. The van der Waals surface area contributed by atoms with E-state index in [2.05, 4.69) is 0 Å². The van der Waals surface area contributed by atoms with Crippen LogP contribution in [0.2, 0.25) is 5.02 Å². The van der Waals surface area contributed by atoms with Gasteiger partial charge in [0.05, 0.1) is 5.41 Å². The predicted molar refractivity (Wildman–Crippen MR) is 64.1 cm³/mol. The van der Waals surface area contributed by atoms with Crippen molar-refractivity contribution in [2.24, 2.45) is 0 Å². The Bertz CT molecular complexity index is 473. The average Bonchev–Trinajstić information content (AvgIpc) is 2.95. The number of carboxylic acids is 1. The van der Waals surface area contributed by atoms with E-state index in [1.54, 1.807) is 18.2 Å². The highest BCUT2D eigenvalue weighted by Gasteiger charge is 2.54. The zero-order valence-corrected chi connectivity index (χ0v) is 10.5. The van der Waals surface area contributed by atoms with Gasteiger partial charge in [0.2, 0.25) is 0 Å². The molecule has 0 heterocycles. The Kier molecular flexibility index (Phi) is 2.69. The number of halogens is 2. The van der Waals surface area contributed by atoms with Crippen molar-refractivity contribution in [1.82, 2.24) is 0 Å². The summed E-state index contributed by atoms with van der Waals surface area (Å²) >= 11 is 6.02. The monoisotopic (exact) mass is 256 g/mol. The molecule has 1 aromatic carbocycles. The minimum Gasteiger partial charge on any atom is -0.481 e. The third-order valence-electron chi connectivity index (χ3n) is 3.28. The molecule has 17 heavy (non-hydrogen) atoms. The quantitative estimate of drug-likeness (QED) is 0.896. The van der Waals surface area contributed by atoms with Gasteiger partial charge in [-0.05, 0) is 38.3 Å². The molecular weight excluding hydrogens is 243 g/mol. The van der Waals surface area contributed by atoms with Gasteiger partial charge in [-0.3, -0.25) is 4.79 Å². The smallest absolute Gasteiger partial charge is 0.314 e. The molecule has 0 aliphatic heterocycles. The molecule has 0 amide bonds. The molecule has 1 aliphatic carbocycles. The van der Waals surface area contributed by atoms with Gasteiger partial charge in [0.15, 0.2) is 0 Å². The van der Waals surface area contributed by atoms with E-state index in [1.807, 2.05) is 0 Å². The summed E-state index contributed by atoms with van der Waals surface area (Å²) in [7, 11) is 0. The van der Waals surface area contributed by atoms with Crippen LogP contribution in [0, 0.1) is 0 Å². The second-order valence-electron chi connectivity index (χ2n) is 5.02. The van der Waals surface area contributed by atoms with Crippen LogP contribution in [0.5, 0.6) is 0 Å². The van der Waals surface area contributed by atoms with Gasteiger partial charge in [0.1, 0.15) is 5.67 Å². The lowest BCUT2D eigenvalue weighted by Gasteiger charge is -2.24. The summed E-state index contributed by atoms with van der Waals surface area (Å²) < 4.78 is 14.2. The minimum absolute atomic E-state index is 0.294. The maximum absolute atomic E-state index is 14.2. The number of alkyl halides is 1. The summed E-state index contributed by atoms with van der Waals surface area (Å²) in [5, 5.41) is 9.57. The van der Waals surface area contributed by atoms with Crippen molar-refractivity contribution in [3.8, 4) is 0 Å². The van der Waals surface area contributed by atoms with Crippen molar-refractivity contribution in [3.63, 3.8) is 0 Å². The molecule has 1 N–H and O–H groups in total. The van der Waals surface area contributed by atoms with Crippen molar-refractivity contribution < 1.29 is 14.3 Å². The number of aliphatic carboxylic acids is 1. The van der Waals surface area contributed by atoms with Crippen molar-refractivity contribution in [3.05, 3.63) is 34.3 Å². The second kappa shape index (κ2) is 3.70. The molecule has 4 heteroatoms. The highest BCUT2D eigenvalue weighted by atomic mass is 35.5. The molecule has 0 unspecified atom stereocenters. The zero-order valence-electron chi connectivity index (χ0n) is 9.76. The van der Waals surface area contributed by atoms with Crippen LogP contribution in [0.15, 0.2) is 18.2 Å². The summed E-state index contributed by atoms with van der Waals surface area (Å²) in [6.45, 7) is 2.80. The van der Waals surface area contributed by atoms with Crippen LogP contribution in [0.4, 0.5) is 4.39 Å². The van der Waals surface area contributed by atoms with E-state index >= 15 is 0 Å². The molecule has 92 valence electrons. The van der Waals surface area contributed by atoms with Gasteiger partial charge in [-0.15, -0.1) is 0 Å². The third-order valence-corrected chi connectivity index (χ3v) is 3.60. The van der Waals surface area contributed by atoms with Crippen LogP contribution in [0.25, 0.3) is 0 Å². The summed E-state index contributed by atoms with van der Waals surface area (Å²) in [4.78, 5) is 11.3. The molecule has 1 fully saturated rings. The average molecular weight is 257 g/mol. The van der Waals surface area contributed by atoms with Gasteiger partial charge in [-0.2, -0.15) is 0 Å². The van der Waals surface area contributed by atoms with Gasteiger partial charge in [0.25, 0.3) is 0 Å². The van der Waals surface area contributed by atoms with Gasteiger partial charge < -0.3 is 5.11 Å². The summed E-state index contributed by atoms with van der Waals surface area (Å²) in [5.74, 6) is -0.898. The molecule has 2 rings (SSSR count). The lowest BCUT2D eigenvalue weighted by Crippen LogP contribution is -2.25. The minimum atomic E-state index is -1.64. The van der Waals surface area contributed by atoms with Crippen LogP contribution in [-0.2, 0) is 15.9 Å². The topological polar surface area (TPSA) is 37.3 Å². The Hall–Kier alpha value is -1.09. The van der Waals surface area contributed by atoms with Gasteiger partial charge in [-0.25, -0.2) is 4.39 Å². The van der Waals surface area contributed by atoms with Crippen molar-refractivity contribution in [2.75, 3.05) is 0 Å². The van der Waals surface area contributed by atoms with Crippen molar-refractivity contribution in [2.45, 2.75) is 37.8 Å². The van der Waals surface area contributed by atoms with E-state index in [-0.39, 0.29) is 0 Å². The van der Waals surface area contributed by atoms with E-state index in [0.717, 1.165) is 0 Å². The molecule has 0 aromatic heterocycles. The maximum atomic E-state index is 14.2. The van der Waals surface area contributed by atoms with Gasteiger partial charge in [-0.1, -0.05) is 23.7 Å². The van der Waals surface area contributed by atoms with Gasteiger partial charge in [0, 0.05) is 10.6 Å². The summed E-state index contributed by atoms with van der Waals surface area (Å²) in [6.07, 6.45) is 1.09. The van der Waals surface area contributed by atoms with Crippen LogP contribution < -0.4 is 0 Å². The standard InChI is InChI=1S/C13H14ClFO2/c1-12(2,15)10-8(4-3-5-9(10)14)13(6-7-13)11(16)17/h3-5H,6-7H2,1-2H3,(H,16,17). The fourth-order valence-corrected chi connectivity index (χ4v) is 2.65. The molecule has 0 atom stereocenters. The van der Waals surface area contributed by atoms with E-state index in [0.29, 0.717) is 29.0 Å². The zero-order chi connectivity index (χ0) is 12.8. The van der Waals surface area contributed by atoms with Crippen LogP contribution in [-0.4, -0.2) is 11.1 Å². The number of carboxylic acid groups (broad SMARTS) is 1. The number of hydrogen-bond donors (Lipinski definition) is 1. The first-order chi connectivity index (χ1) is 7.79. The normalized spacial score (nSPS) is 17.9. The largest absolute Gasteiger partial charge is 0.481 e. The molecule has 0 spiro atoms. The Morgan fingerprint density at radius 1 is 1.47 bits per heavy atom. The number of carbonyl (C=O) groups is 1. The summed E-state index contributed by atoms with van der Waals surface area (Å²) in [5.41, 5.74) is -1.74. The highest BCUT2D eigenvalue weighted by molar-refractivity contribution is 6.31. The Balaban J connectivity index is 2.64. The Labute approximate surface area is 104 Å². The first-order valence-electron chi connectivity index (χ1n) is 5.51. The molecule has 0 bridgehead atoms. The highest BCUT2D eigenvalue weighted by Crippen LogP contribution is 2.52. The van der Waals surface area contributed by atoms with Gasteiger partial charge >= 0.3 is 5.97 Å².